The molecule has 1 aromatic heterocycles. The van der Waals surface area contributed by atoms with Crippen molar-refractivity contribution in [3.8, 4) is 11.4 Å². The Labute approximate surface area is 150 Å². The van der Waals surface area contributed by atoms with Crippen molar-refractivity contribution in [3.63, 3.8) is 0 Å². The Kier molecular flexibility index (Phi) is 5.41. The van der Waals surface area contributed by atoms with Crippen LogP contribution in [0.2, 0.25) is 0 Å². The Hall–Kier alpha value is -1.47. The van der Waals surface area contributed by atoms with Gasteiger partial charge in [0, 0.05) is 16.2 Å². The Morgan fingerprint density at radius 2 is 2.00 bits per heavy atom. The molecule has 0 spiro atoms. The minimum Gasteiger partial charge on any atom is -0.459 e. The molecule has 0 aliphatic heterocycles. The highest BCUT2D eigenvalue weighted by Gasteiger charge is 2.20. The molecule has 7 heteroatoms. The maximum atomic E-state index is 12.4. The van der Waals surface area contributed by atoms with E-state index in [0.29, 0.717) is 10.3 Å². The van der Waals surface area contributed by atoms with Crippen LogP contribution in [0.3, 0.4) is 0 Å². The second kappa shape index (κ2) is 6.97. The first kappa shape index (κ1) is 17.9. The van der Waals surface area contributed by atoms with Gasteiger partial charge in [0.15, 0.2) is 0 Å². The highest BCUT2D eigenvalue weighted by molar-refractivity contribution is 9.10. The van der Waals surface area contributed by atoms with Gasteiger partial charge >= 0.3 is 5.97 Å². The number of esters is 1. The van der Waals surface area contributed by atoms with Crippen LogP contribution in [0.1, 0.15) is 20.8 Å². The van der Waals surface area contributed by atoms with Gasteiger partial charge in [-0.05, 0) is 48.8 Å². The van der Waals surface area contributed by atoms with Crippen molar-refractivity contribution >= 4 is 37.8 Å². The van der Waals surface area contributed by atoms with Crippen LogP contribution in [0.25, 0.3) is 11.4 Å². The average molecular weight is 444 g/mol. The van der Waals surface area contributed by atoms with Crippen molar-refractivity contribution in [1.82, 2.24) is 9.55 Å². The van der Waals surface area contributed by atoms with Gasteiger partial charge in [-0.1, -0.05) is 28.1 Å². The molecule has 5 nitrogen and oxygen atoms in total. The molecule has 122 valence electrons. The first-order chi connectivity index (χ1) is 10.7. The summed E-state index contributed by atoms with van der Waals surface area (Å²) in [6.45, 7) is 5.14. The normalized spacial score (nSPS) is 11.3. The highest BCUT2D eigenvalue weighted by atomic mass is 79.9. The van der Waals surface area contributed by atoms with Gasteiger partial charge in [-0.2, -0.15) is 0 Å². The van der Waals surface area contributed by atoms with Crippen molar-refractivity contribution in [3.05, 3.63) is 49.8 Å². The van der Waals surface area contributed by atoms with Crippen LogP contribution in [0.15, 0.2) is 44.2 Å². The maximum Gasteiger partial charge on any atom is 0.326 e. The number of hydrogen-bond acceptors (Lipinski definition) is 4. The van der Waals surface area contributed by atoms with E-state index in [2.05, 4.69) is 36.8 Å². The molecule has 1 aromatic carbocycles. The molecule has 2 rings (SSSR count). The number of hydrogen-bond donors (Lipinski definition) is 0. The smallest absolute Gasteiger partial charge is 0.326 e. The Balaban J connectivity index is 2.47. The standard InChI is InChI=1S/C16H16Br2N2O3/c1-16(2,3)23-13(21)9-20-14(19-8-12(18)15(20)22)10-5-4-6-11(17)7-10/h4-8H,9H2,1-3H3. The van der Waals surface area contributed by atoms with Crippen molar-refractivity contribution in [2.24, 2.45) is 0 Å². The summed E-state index contributed by atoms with van der Waals surface area (Å²) in [7, 11) is 0. The zero-order valence-electron chi connectivity index (χ0n) is 13.0. The second-order valence-corrected chi connectivity index (χ2v) is 7.69. The number of benzene rings is 1. The number of nitrogens with zero attached hydrogens (tertiary/aromatic N) is 2. The number of rotatable bonds is 3. The third kappa shape index (κ3) is 4.75. The lowest BCUT2D eigenvalue weighted by molar-refractivity contribution is -0.155. The Bertz CT molecular complexity index is 795. The molecule has 0 saturated carbocycles. The Morgan fingerprint density at radius 3 is 2.61 bits per heavy atom. The summed E-state index contributed by atoms with van der Waals surface area (Å²) >= 11 is 6.55. The van der Waals surface area contributed by atoms with Gasteiger partial charge in [-0.3, -0.25) is 14.2 Å². The van der Waals surface area contributed by atoms with E-state index in [1.165, 1.54) is 10.8 Å². The molecule has 2 aromatic rings. The maximum absolute atomic E-state index is 12.4. The van der Waals surface area contributed by atoms with Crippen molar-refractivity contribution in [1.29, 1.82) is 0 Å². The lowest BCUT2D eigenvalue weighted by Gasteiger charge is -2.20. The van der Waals surface area contributed by atoms with Crippen LogP contribution in [-0.4, -0.2) is 21.1 Å². The molecule has 1 heterocycles. The molecule has 0 bridgehead atoms. The molecule has 0 fully saturated rings. The molecule has 0 saturated heterocycles. The topological polar surface area (TPSA) is 61.2 Å². The van der Waals surface area contributed by atoms with E-state index in [1.54, 1.807) is 20.8 Å². The van der Waals surface area contributed by atoms with Crippen molar-refractivity contribution in [2.45, 2.75) is 32.9 Å². The number of halogens is 2. The lowest BCUT2D eigenvalue weighted by Crippen LogP contribution is -2.32. The van der Waals surface area contributed by atoms with Gasteiger partial charge in [0.25, 0.3) is 5.56 Å². The summed E-state index contributed by atoms with van der Waals surface area (Å²) in [6, 6.07) is 7.37. The van der Waals surface area contributed by atoms with Crippen LogP contribution in [0.5, 0.6) is 0 Å². The fourth-order valence-corrected chi connectivity index (χ4v) is 2.69. The van der Waals surface area contributed by atoms with Crippen LogP contribution in [0.4, 0.5) is 0 Å². The van der Waals surface area contributed by atoms with Gasteiger partial charge in [-0.15, -0.1) is 0 Å². The molecule has 0 atom stereocenters. The van der Waals surface area contributed by atoms with Gasteiger partial charge in [0.1, 0.15) is 22.4 Å². The number of carbonyl (C=O) groups excluding carboxylic acids is 1. The molecule has 23 heavy (non-hydrogen) atoms. The largest absolute Gasteiger partial charge is 0.459 e. The van der Waals surface area contributed by atoms with Gasteiger partial charge in [0.2, 0.25) is 0 Å². The summed E-state index contributed by atoms with van der Waals surface area (Å²) in [5, 5.41) is 0. The van der Waals surface area contributed by atoms with Gasteiger partial charge < -0.3 is 4.74 Å². The molecule has 0 amide bonds. The number of carbonyl (C=O) groups is 1. The van der Waals surface area contributed by atoms with Crippen LogP contribution >= 0.6 is 31.9 Å². The fraction of sp³-hybridized carbons (Fsp3) is 0.312. The monoisotopic (exact) mass is 442 g/mol. The average Bonchev–Trinajstić information content (AvgIpc) is 2.42. The quantitative estimate of drug-likeness (QED) is 0.677. The molecule has 0 aliphatic carbocycles. The molecular weight excluding hydrogens is 428 g/mol. The Morgan fingerprint density at radius 1 is 1.30 bits per heavy atom. The number of aromatic nitrogens is 2. The summed E-state index contributed by atoms with van der Waals surface area (Å²) < 4.78 is 7.75. The first-order valence-corrected chi connectivity index (χ1v) is 8.49. The van der Waals surface area contributed by atoms with E-state index >= 15 is 0 Å². The third-order valence-electron chi connectivity index (χ3n) is 2.80. The minimum absolute atomic E-state index is 0.204. The molecule has 0 aliphatic rings. The van der Waals surface area contributed by atoms with E-state index in [9.17, 15) is 9.59 Å². The molecule has 0 radical (unpaired) electrons. The highest BCUT2D eigenvalue weighted by Crippen LogP contribution is 2.21. The zero-order chi connectivity index (χ0) is 17.2. The number of ether oxygens (including phenoxy) is 1. The van der Waals surface area contributed by atoms with E-state index in [4.69, 9.17) is 4.74 Å². The molecule has 0 N–H and O–H groups in total. The fourth-order valence-electron chi connectivity index (χ4n) is 1.98. The predicted molar refractivity (Wildman–Crippen MR) is 95.2 cm³/mol. The zero-order valence-corrected chi connectivity index (χ0v) is 16.1. The predicted octanol–water partition coefficient (Wildman–Crippen LogP) is 3.78. The lowest BCUT2D eigenvalue weighted by atomic mass is 10.2. The van der Waals surface area contributed by atoms with E-state index in [1.807, 2.05) is 24.3 Å². The summed E-state index contributed by atoms with van der Waals surface area (Å²) in [5.41, 5.74) is -0.218. The first-order valence-electron chi connectivity index (χ1n) is 6.90. The summed E-state index contributed by atoms with van der Waals surface area (Å²) in [4.78, 5) is 28.8. The van der Waals surface area contributed by atoms with Crippen molar-refractivity contribution in [2.75, 3.05) is 0 Å². The van der Waals surface area contributed by atoms with Crippen molar-refractivity contribution < 1.29 is 9.53 Å². The van der Waals surface area contributed by atoms with E-state index < -0.39 is 11.6 Å². The SMILES string of the molecule is CC(C)(C)OC(=O)Cn1c(-c2cccc(Br)c2)ncc(Br)c1=O. The summed E-state index contributed by atoms with van der Waals surface area (Å²) in [5.74, 6) is -0.0823. The second-order valence-electron chi connectivity index (χ2n) is 5.92. The molecular formula is C16H16Br2N2O3. The van der Waals surface area contributed by atoms with E-state index in [0.717, 1.165) is 10.0 Å². The van der Waals surface area contributed by atoms with Crippen LogP contribution in [-0.2, 0) is 16.1 Å². The van der Waals surface area contributed by atoms with Gasteiger partial charge in [-0.25, -0.2) is 4.98 Å². The minimum atomic E-state index is -0.615. The molecule has 0 unspecified atom stereocenters. The third-order valence-corrected chi connectivity index (χ3v) is 3.83. The summed E-state index contributed by atoms with van der Waals surface area (Å²) in [6.07, 6.45) is 1.43. The van der Waals surface area contributed by atoms with Crippen LogP contribution in [0, 0.1) is 0 Å². The van der Waals surface area contributed by atoms with E-state index in [-0.39, 0.29) is 12.1 Å². The van der Waals surface area contributed by atoms with Crippen LogP contribution < -0.4 is 5.56 Å². The van der Waals surface area contributed by atoms with Gasteiger partial charge in [0.05, 0.1) is 0 Å².